The van der Waals surface area contributed by atoms with E-state index >= 15 is 0 Å². The van der Waals surface area contributed by atoms with Crippen LogP contribution in [-0.4, -0.2) is 12.5 Å². The summed E-state index contributed by atoms with van der Waals surface area (Å²) < 4.78 is 11.7. The zero-order valence-corrected chi connectivity index (χ0v) is 12.4. The van der Waals surface area contributed by atoms with Gasteiger partial charge in [-0.1, -0.05) is 18.2 Å². The first-order chi connectivity index (χ1) is 9.27. The van der Waals surface area contributed by atoms with E-state index in [1.54, 1.807) is 0 Å². The van der Waals surface area contributed by atoms with Crippen molar-refractivity contribution in [1.29, 1.82) is 0 Å². The SMILES string of the molecule is CCOC(C)c1c(CCCCCl)oc2ccccc12. The summed E-state index contributed by atoms with van der Waals surface area (Å²) in [6, 6.07) is 8.17. The Balaban J connectivity index is 2.34. The predicted octanol–water partition coefficient (Wildman–Crippen LogP) is 5.09. The minimum Gasteiger partial charge on any atom is -0.461 e. The second kappa shape index (κ2) is 6.97. The third-order valence-corrected chi connectivity index (χ3v) is 3.59. The highest BCUT2D eigenvalue weighted by Gasteiger charge is 2.19. The second-order valence-corrected chi connectivity index (χ2v) is 5.06. The first kappa shape index (κ1) is 14.4. The fourth-order valence-electron chi connectivity index (χ4n) is 2.46. The molecule has 0 fully saturated rings. The number of hydrogen-bond acceptors (Lipinski definition) is 2. The molecule has 2 nitrogen and oxygen atoms in total. The van der Waals surface area contributed by atoms with Crippen LogP contribution in [0.5, 0.6) is 0 Å². The van der Waals surface area contributed by atoms with Gasteiger partial charge in [0.25, 0.3) is 0 Å². The summed E-state index contributed by atoms with van der Waals surface area (Å²) in [6.07, 6.45) is 3.06. The van der Waals surface area contributed by atoms with E-state index in [0.717, 1.165) is 30.6 Å². The van der Waals surface area contributed by atoms with Crippen molar-refractivity contribution in [3.05, 3.63) is 35.6 Å². The molecule has 0 aliphatic rings. The van der Waals surface area contributed by atoms with Gasteiger partial charge in [-0.2, -0.15) is 0 Å². The van der Waals surface area contributed by atoms with Crippen LogP contribution < -0.4 is 0 Å². The van der Waals surface area contributed by atoms with Crippen molar-refractivity contribution in [2.75, 3.05) is 12.5 Å². The lowest BCUT2D eigenvalue weighted by Gasteiger charge is -2.12. The number of aryl methyl sites for hydroxylation is 1. The summed E-state index contributed by atoms with van der Waals surface area (Å²) in [6.45, 7) is 4.82. The van der Waals surface area contributed by atoms with Gasteiger partial charge in [-0.3, -0.25) is 0 Å². The van der Waals surface area contributed by atoms with Gasteiger partial charge in [0.15, 0.2) is 0 Å². The molecule has 19 heavy (non-hydrogen) atoms. The van der Waals surface area contributed by atoms with E-state index in [1.165, 1.54) is 10.9 Å². The van der Waals surface area contributed by atoms with E-state index in [2.05, 4.69) is 13.0 Å². The molecule has 0 amide bonds. The van der Waals surface area contributed by atoms with E-state index in [1.807, 2.05) is 25.1 Å². The van der Waals surface area contributed by atoms with Crippen LogP contribution in [-0.2, 0) is 11.2 Å². The summed E-state index contributed by atoms with van der Waals surface area (Å²) in [5, 5.41) is 1.17. The van der Waals surface area contributed by atoms with Gasteiger partial charge in [-0.15, -0.1) is 11.6 Å². The minimum absolute atomic E-state index is 0.0691. The highest BCUT2D eigenvalue weighted by Crippen LogP contribution is 2.33. The van der Waals surface area contributed by atoms with Crippen LogP contribution in [0.4, 0.5) is 0 Å². The first-order valence-electron chi connectivity index (χ1n) is 6.95. The molecule has 104 valence electrons. The quantitative estimate of drug-likeness (QED) is 0.520. The summed E-state index contributed by atoms with van der Waals surface area (Å²) in [5.74, 6) is 1.75. The molecule has 0 saturated heterocycles. The van der Waals surface area contributed by atoms with Gasteiger partial charge in [0.1, 0.15) is 11.3 Å². The molecular formula is C16H21ClO2. The van der Waals surface area contributed by atoms with Crippen LogP contribution >= 0.6 is 11.6 Å². The lowest BCUT2D eigenvalue weighted by atomic mass is 10.0. The molecule has 0 aliphatic heterocycles. The minimum atomic E-state index is 0.0691. The molecule has 0 bridgehead atoms. The summed E-state index contributed by atoms with van der Waals surface area (Å²) in [5.41, 5.74) is 2.15. The number of fused-ring (bicyclic) bond motifs is 1. The number of halogens is 1. The number of ether oxygens (including phenoxy) is 1. The Bertz CT molecular complexity index is 518. The van der Waals surface area contributed by atoms with Gasteiger partial charge >= 0.3 is 0 Å². The average Bonchev–Trinajstić information content (AvgIpc) is 2.77. The maximum Gasteiger partial charge on any atom is 0.134 e. The van der Waals surface area contributed by atoms with Crippen LogP contribution in [0.2, 0.25) is 0 Å². The number of furan rings is 1. The van der Waals surface area contributed by atoms with Crippen LogP contribution in [0.1, 0.15) is 44.1 Å². The van der Waals surface area contributed by atoms with Crippen LogP contribution in [0.3, 0.4) is 0 Å². The van der Waals surface area contributed by atoms with Gasteiger partial charge in [-0.25, -0.2) is 0 Å². The zero-order valence-electron chi connectivity index (χ0n) is 11.6. The molecule has 0 N–H and O–H groups in total. The number of rotatable bonds is 7. The molecule has 1 aromatic carbocycles. The fraction of sp³-hybridized carbons (Fsp3) is 0.500. The predicted molar refractivity (Wildman–Crippen MR) is 79.9 cm³/mol. The molecule has 1 aromatic heterocycles. The lowest BCUT2D eigenvalue weighted by molar-refractivity contribution is 0.0759. The van der Waals surface area contributed by atoms with Crippen molar-refractivity contribution in [3.63, 3.8) is 0 Å². The lowest BCUT2D eigenvalue weighted by Crippen LogP contribution is -2.02. The average molecular weight is 281 g/mol. The van der Waals surface area contributed by atoms with Gasteiger partial charge in [-0.05, 0) is 32.8 Å². The third-order valence-electron chi connectivity index (χ3n) is 3.32. The third kappa shape index (κ3) is 3.31. The van der Waals surface area contributed by atoms with E-state index in [4.69, 9.17) is 20.8 Å². The highest BCUT2D eigenvalue weighted by molar-refractivity contribution is 6.17. The molecular weight excluding hydrogens is 260 g/mol. The summed E-state index contributed by atoms with van der Waals surface area (Å²) >= 11 is 5.74. The largest absolute Gasteiger partial charge is 0.461 e. The van der Waals surface area contributed by atoms with Crippen molar-refractivity contribution in [1.82, 2.24) is 0 Å². The monoisotopic (exact) mass is 280 g/mol. The summed E-state index contributed by atoms with van der Waals surface area (Å²) in [4.78, 5) is 0. The Hall–Kier alpha value is -0.990. The van der Waals surface area contributed by atoms with Crippen molar-refractivity contribution in [2.24, 2.45) is 0 Å². The standard InChI is InChI=1S/C16H21ClO2/c1-3-18-12(2)16-13-8-4-5-9-14(13)19-15(16)10-6-7-11-17/h4-5,8-9,12H,3,6-7,10-11H2,1-2H3. The number of para-hydroxylation sites is 1. The Kier molecular flexibility index (Phi) is 5.29. The number of alkyl halides is 1. The van der Waals surface area contributed by atoms with Crippen LogP contribution in [0.25, 0.3) is 11.0 Å². The van der Waals surface area contributed by atoms with E-state index in [-0.39, 0.29) is 6.10 Å². The number of unbranched alkanes of at least 4 members (excludes halogenated alkanes) is 1. The molecule has 2 aromatic rings. The van der Waals surface area contributed by atoms with E-state index in [9.17, 15) is 0 Å². The van der Waals surface area contributed by atoms with E-state index in [0.29, 0.717) is 12.5 Å². The summed E-state index contributed by atoms with van der Waals surface area (Å²) in [7, 11) is 0. The molecule has 0 aliphatic carbocycles. The van der Waals surface area contributed by atoms with Gasteiger partial charge < -0.3 is 9.15 Å². The molecule has 0 radical (unpaired) electrons. The smallest absolute Gasteiger partial charge is 0.134 e. The van der Waals surface area contributed by atoms with Crippen molar-refractivity contribution in [2.45, 2.75) is 39.2 Å². The molecule has 0 spiro atoms. The highest BCUT2D eigenvalue weighted by atomic mass is 35.5. The van der Waals surface area contributed by atoms with Gasteiger partial charge in [0, 0.05) is 29.9 Å². The van der Waals surface area contributed by atoms with E-state index < -0.39 is 0 Å². The maximum atomic E-state index is 5.99. The normalized spacial score (nSPS) is 13.0. The molecule has 1 heterocycles. The maximum absolute atomic E-state index is 5.99. The number of benzene rings is 1. The van der Waals surface area contributed by atoms with Gasteiger partial charge in [0.05, 0.1) is 6.10 Å². The first-order valence-corrected chi connectivity index (χ1v) is 7.49. The van der Waals surface area contributed by atoms with Crippen LogP contribution in [0.15, 0.2) is 28.7 Å². The van der Waals surface area contributed by atoms with Crippen molar-refractivity contribution in [3.8, 4) is 0 Å². The molecule has 2 rings (SSSR count). The Labute approximate surface area is 119 Å². The topological polar surface area (TPSA) is 22.4 Å². The second-order valence-electron chi connectivity index (χ2n) is 4.68. The van der Waals surface area contributed by atoms with Crippen molar-refractivity contribution < 1.29 is 9.15 Å². The molecule has 1 atom stereocenters. The van der Waals surface area contributed by atoms with Gasteiger partial charge in [0.2, 0.25) is 0 Å². The fourth-order valence-corrected chi connectivity index (χ4v) is 2.65. The zero-order chi connectivity index (χ0) is 13.7. The van der Waals surface area contributed by atoms with Crippen molar-refractivity contribution >= 4 is 22.6 Å². The van der Waals surface area contributed by atoms with Crippen LogP contribution in [0, 0.1) is 0 Å². The molecule has 0 saturated carbocycles. The Morgan fingerprint density at radius 3 is 2.79 bits per heavy atom. The molecule has 3 heteroatoms. The number of hydrogen-bond donors (Lipinski definition) is 0. The molecule has 1 unspecified atom stereocenters. The Morgan fingerprint density at radius 1 is 1.26 bits per heavy atom. The Morgan fingerprint density at radius 2 is 2.05 bits per heavy atom.